The van der Waals surface area contributed by atoms with Gasteiger partial charge in [-0.05, 0) is 60.2 Å². The first-order valence-electron chi connectivity index (χ1n) is 11.7. The Morgan fingerprint density at radius 2 is 1.82 bits per heavy atom. The van der Waals surface area contributed by atoms with Crippen LogP contribution in [0.1, 0.15) is 45.1 Å². The second kappa shape index (κ2) is 6.97. The Hall–Kier alpha value is -4.06. The number of anilines is 1. The Balaban J connectivity index is 1.15. The topological polar surface area (TPSA) is 84.0 Å². The molecule has 3 unspecified atom stereocenters. The predicted octanol–water partition coefficient (Wildman–Crippen LogP) is 3.90. The molecule has 6 heteroatoms. The standard InChI is InChI=1S/C28H22N4O2/c33-26(31-24-13-20(24)16-5-2-1-3-6-16)22-9-8-17-11-18-14-28(15-19(18)12-23(17)30-22)21-7-4-10-29-25(21)32-27(28)34/h1-12,20,24H,13-15H2,(H,31,33)(H,29,32,34). The van der Waals surface area contributed by atoms with Gasteiger partial charge in [0, 0.05) is 29.1 Å². The van der Waals surface area contributed by atoms with Crippen LogP contribution in [-0.2, 0) is 23.1 Å². The molecule has 2 N–H and O–H groups in total. The number of hydrogen-bond donors (Lipinski definition) is 2. The van der Waals surface area contributed by atoms with E-state index < -0.39 is 5.41 Å². The number of carbonyl (C=O) groups is 2. The highest BCUT2D eigenvalue weighted by Crippen LogP contribution is 2.47. The number of aromatic nitrogens is 2. The van der Waals surface area contributed by atoms with E-state index >= 15 is 0 Å². The first kappa shape index (κ1) is 19.4. The van der Waals surface area contributed by atoms with E-state index in [4.69, 9.17) is 0 Å². The predicted molar refractivity (Wildman–Crippen MR) is 129 cm³/mol. The van der Waals surface area contributed by atoms with E-state index in [1.807, 2.05) is 42.5 Å². The number of benzene rings is 2. The van der Waals surface area contributed by atoms with Crippen molar-refractivity contribution in [1.82, 2.24) is 15.3 Å². The van der Waals surface area contributed by atoms with Crippen LogP contribution in [0.2, 0.25) is 0 Å². The monoisotopic (exact) mass is 446 g/mol. The van der Waals surface area contributed by atoms with Crippen LogP contribution in [0.3, 0.4) is 0 Å². The smallest absolute Gasteiger partial charge is 0.270 e. The largest absolute Gasteiger partial charge is 0.347 e. The van der Waals surface area contributed by atoms with Crippen molar-refractivity contribution in [3.8, 4) is 0 Å². The van der Waals surface area contributed by atoms with Crippen molar-refractivity contribution >= 4 is 28.5 Å². The minimum Gasteiger partial charge on any atom is -0.347 e. The van der Waals surface area contributed by atoms with E-state index in [-0.39, 0.29) is 17.9 Å². The van der Waals surface area contributed by atoms with Gasteiger partial charge in [-0.25, -0.2) is 9.97 Å². The van der Waals surface area contributed by atoms with E-state index in [2.05, 4.69) is 38.8 Å². The average molecular weight is 447 g/mol. The molecule has 0 saturated heterocycles. The van der Waals surface area contributed by atoms with Crippen LogP contribution in [-0.4, -0.2) is 27.8 Å². The number of fused-ring (bicyclic) bond motifs is 4. The molecule has 7 rings (SSSR count). The third-order valence-corrected chi connectivity index (χ3v) is 7.55. The van der Waals surface area contributed by atoms with Crippen LogP contribution < -0.4 is 10.6 Å². The lowest BCUT2D eigenvalue weighted by Crippen LogP contribution is -2.35. The van der Waals surface area contributed by atoms with Gasteiger partial charge in [0.05, 0.1) is 10.9 Å². The minimum absolute atomic E-state index is 0.00638. The second-order valence-corrected chi connectivity index (χ2v) is 9.63. The molecule has 4 aromatic rings. The summed E-state index contributed by atoms with van der Waals surface area (Å²) in [6.07, 6.45) is 3.92. The van der Waals surface area contributed by atoms with E-state index in [1.165, 1.54) is 5.56 Å². The van der Waals surface area contributed by atoms with Crippen molar-refractivity contribution in [2.75, 3.05) is 5.32 Å². The summed E-state index contributed by atoms with van der Waals surface area (Å²) in [6.45, 7) is 0. The SMILES string of the molecule is O=C(NC1CC1c1ccccc1)c1ccc2cc3c(cc2n1)CC1(C3)C(=O)Nc2ncccc21. The van der Waals surface area contributed by atoms with E-state index in [9.17, 15) is 9.59 Å². The average Bonchev–Trinajstić information content (AvgIpc) is 3.44. The van der Waals surface area contributed by atoms with Gasteiger partial charge < -0.3 is 10.6 Å². The lowest BCUT2D eigenvalue weighted by atomic mass is 9.79. The summed E-state index contributed by atoms with van der Waals surface area (Å²) >= 11 is 0. The van der Waals surface area contributed by atoms with Gasteiger partial charge in [-0.1, -0.05) is 42.5 Å². The summed E-state index contributed by atoms with van der Waals surface area (Å²) in [5.74, 6) is 0.903. The number of nitrogens with zero attached hydrogens (tertiary/aromatic N) is 2. The quantitative estimate of drug-likeness (QED) is 0.500. The van der Waals surface area contributed by atoms with Gasteiger partial charge in [0.2, 0.25) is 5.91 Å². The molecule has 2 aliphatic carbocycles. The van der Waals surface area contributed by atoms with Crippen LogP contribution >= 0.6 is 0 Å². The van der Waals surface area contributed by atoms with E-state index in [1.54, 1.807) is 12.3 Å². The van der Waals surface area contributed by atoms with Crippen molar-refractivity contribution in [1.29, 1.82) is 0 Å². The summed E-state index contributed by atoms with van der Waals surface area (Å²) < 4.78 is 0. The number of carbonyl (C=O) groups excluding carboxylic acids is 2. The van der Waals surface area contributed by atoms with Gasteiger partial charge in [-0.15, -0.1) is 0 Å². The zero-order valence-electron chi connectivity index (χ0n) is 18.4. The maximum atomic E-state index is 13.0. The molecule has 3 aliphatic rings. The molecule has 3 atom stereocenters. The lowest BCUT2D eigenvalue weighted by Gasteiger charge is -2.20. The molecule has 2 amide bonds. The number of amides is 2. The highest BCUT2D eigenvalue weighted by atomic mass is 16.2. The maximum absolute atomic E-state index is 13.0. The first-order chi connectivity index (χ1) is 16.6. The summed E-state index contributed by atoms with van der Waals surface area (Å²) in [5.41, 5.74) is 5.08. The molecule has 2 aromatic heterocycles. The van der Waals surface area contributed by atoms with Gasteiger partial charge in [0.25, 0.3) is 5.91 Å². The highest BCUT2D eigenvalue weighted by molar-refractivity contribution is 6.06. The van der Waals surface area contributed by atoms with Gasteiger partial charge >= 0.3 is 0 Å². The van der Waals surface area contributed by atoms with Gasteiger partial charge in [0.1, 0.15) is 11.5 Å². The number of nitrogens with one attached hydrogen (secondary N) is 2. The fourth-order valence-corrected chi connectivity index (χ4v) is 5.69. The lowest BCUT2D eigenvalue weighted by molar-refractivity contribution is -0.120. The Morgan fingerprint density at radius 3 is 2.68 bits per heavy atom. The molecule has 1 aliphatic heterocycles. The molecule has 6 nitrogen and oxygen atoms in total. The van der Waals surface area contributed by atoms with Gasteiger partial charge in [-0.3, -0.25) is 9.59 Å². The summed E-state index contributed by atoms with van der Waals surface area (Å²) in [6, 6.07) is 22.2. The highest BCUT2D eigenvalue weighted by Gasteiger charge is 2.51. The van der Waals surface area contributed by atoms with Crippen LogP contribution in [0.5, 0.6) is 0 Å². The Labute approximate surface area is 196 Å². The van der Waals surface area contributed by atoms with Crippen molar-refractivity contribution < 1.29 is 9.59 Å². The van der Waals surface area contributed by atoms with Gasteiger partial charge in [0.15, 0.2) is 0 Å². The third kappa shape index (κ3) is 2.88. The summed E-state index contributed by atoms with van der Waals surface area (Å²) in [7, 11) is 0. The summed E-state index contributed by atoms with van der Waals surface area (Å²) in [5, 5.41) is 7.06. The van der Waals surface area contributed by atoms with Crippen LogP contribution in [0.15, 0.2) is 72.9 Å². The molecule has 1 saturated carbocycles. The number of rotatable bonds is 3. The van der Waals surface area contributed by atoms with Crippen molar-refractivity contribution in [2.24, 2.45) is 0 Å². The second-order valence-electron chi connectivity index (χ2n) is 9.63. The normalized spacial score (nSPS) is 24.1. The van der Waals surface area contributed by atoms with Crippen LogP contribution in [0.4, 0.5) is 5.82 Å². The molecule has 3 heterocycles. The number of hydrogen-bond acceptors (Lipinski definition) is 4. The molecule has 0 bridgehead atoms. The molecule has 1 spiro atoms. The third-order valence-electron chi connectivity index (χ3n) is 7.55. The number of pyridine rings is 2. The molecule has 0 radical (unpaired) electrons. The Bertz CT molecular complexity index is 1500. The molecular formula is C28H22N4O2. The Kier molecular flexibility index (Phi) is 3.98. The molecule has 1 fully saturated rings. The maximum Gasteiger partial charge on any atom is 0.270 e. The fraction of sp³-hybridized carbons (Fsp3) is 0.214. The van der Waals surface area contributed by atoms with Crippen LogP contribution in [0, 0.1) is 0 Å². The molecular weight excluding hydrogens is 424 g/mol. The molecule has 166 valence electrons. The van der Waals surface area contributed by atoms with E-state index in [0.29, 0.717) is 30.3 Å². The van der Waals surface area contributed by atoms with Crippen molar-refractivity contribution in [3.05, 3.63) is 101 Å². The van der Waals surface area contributed by atoms with Crippen molar-refractivity contribution in [2.45, 2.75) is 36.6 Å². The zero-order valence-corrected chi connectivity index (χ0v) is 18.4. The molecule has 2 aromatic carbocycles. The van der Waals surface area contributed by atoms with Crippen LogP contribution in [0.25, 0.3) is 10.9 Å². The molecule has 34 heavy (non-hydrogen) atoms. The Morgan fingerprint density at radius 1 is 1.00 bits per heavy atom. The summed E-state index contributed by atoms with van der Waals surface area (Å²) in [4.78, 5) is 34.9. The zero-order chi connectivity index (χ0) is 22.9. The minimum atomic E-state index is -0.609. The van der Waals surface area contributed by atoms with Gasteiger partial charge in [-0.2, -0.15) is 0 Å². The van der Waals surface area contributed by atoms with Crippen molar-refractivity contribution in [3.63, 3.8) is 0 Å². The first-order valence-corrected chi connectivity index (χ1v) is 11.7. The fourth-order valence-electron chi connectivity index (χ4n) is 5.69. The van der Waals surface area contributed by atoms with E-state index in [0.717, 1.165) is 34.0 Å².